The van der Waals surface area contributed by atoms with Crippen LogP contribution in [0.25, 0.3) is 0 Å². The van der Waals surface area contributed by atoms with Crippen LogP contribution in [0, 0.1) is 5.92 Å². The van der Waals surface area contributed by atoms with Crippen LogP contribution in [0.5, 0.6) is 11.5 Å². The number of aromatic nitrogens is 1. The first-order chi connectivity index (χ1) is 22.0. The number of alkyl halides is 2. The Morgan fingerprint density at radius 3 is 2.52 bits per heavy atom. The smallest absolute Gasteiger partial charge is 0.387 e. The third-order valence-corrected chi connectivity index (χ3v) is 11.1. The largest absolute Gasteiger partial charge is 0.489 e. The van der Waals surface area contributed by atoms with Crippen molar-refractivity contribution in [2.45, 2.75) is 42.2 Å². The number of thioether (sulfide) groups is 1. The molecule has 0 bridgehead atoms. The Balaban J connectivity index is 1.46. The van der Waals surface area contributed by atoms with Crippen molar-refractivity contribution in [2.75, 3.05) is 26.0 Å². The van der Waals surface area contributed by atoms with Gasteiger partial charge in [0.25, 0.3) is 5.91 Å². The van der Waals surface area contributed by atoms with Gasteiger partial charge in [-0.2, -0.15) is 13.1 Å². The highest BCUT2D eigenvalue weighted by atomic mass is 35.5. The second-order valence-corrected chi connectivity index (χ2v) is 14.4. The number of benzene rings is 2. The zero-order chi connectivity index (χ0) is 33.0. The molecule has 46 heavy (non-hydrogen) atoms. The average Bonchev–Trinajstić information content (AvgIpc) is 3.72. The number of carbonyl (C=O) groups is 2. The Morgan fingerprint density at radius 1 is 1.11 bits per heavy atom. The minimum Gasteiger partial charge on any atom is -0.489 e. The van der Waals surface area contributed by atoms with Gasteiger partial charge >= 0.3 is 12.6 Å². The number of amides is 1. The molecule has 5 rings (SSSR count). The van der Waals surface area contributed by atoms with E-state index < -0.39 is 40.0 Å². The van der Waals surface area contributed by atoms with Crippen molar-refractivity contribution in [3.8, 4) is 11.5 Å². The number of nitrogens with zero attached hydrogens (tertiary/aromatic N) is 2. The van der Waals surface area contributed by atoms with Crippen molar-refractivity contribution in [1.29, 1.82) is 0 Å². The predicted octanol–water partition coefficient (Wildman–Crippen LogP) is 5.73. The fourth-order valence-corrected chi connectivity index (χ4v) is 8.34. The van der Waals surface area contributed by atoms with Crippen LogP contribution < -0.4 is 14.8 Å². The summed E-state index contributed by atoms with van der Waals surface area (Å²) in [4.78, 5) is 29.7. The lowest BCUT2D eigenvalue weighted by molar-refractivity contribution is -0.150. The van der Waals surface area contributed by atoms with Gasteiger partial charge in [0.05, 0.1) is 21.5 Å². The highest BCUT2D eigenvalue weighted by Gasteiger charge is 2.42. The molecule has 1 amide bonds. The Kier molecular flexibility index (Phi) is 10.9. The van der Waals surface area contributed by atoms with Crippen LogP contribution in [0.1, 0.15) is 40.4 Å². The molecular formula is C30H29Cl2F2N3O7S2. The fourth-order valence-electron chi connectivity index (χ4n) is 4.73. The summed E-state index contributed by atoms with van der Waals surface area (Å²) in [5, 5.41) is 1.60. The normalized spacial score (nSPS) is 17.5. The number of pyridine rings is 1. The highest BCUT2D eigenvalue weighted by Crippen LogP contribution is 2.39. The SMILES string of the molecule is CNC(=O)c1cccc(S(=O)(=O)N2CCSC2C(=O)OC(Cc2c(Cl)cncc2Cl)c2ccc(OC(F)F)c(OCC3CC3)c2)c1. The zero-order valence-corrected chi connectivity index (χ0v) is 27.5. The number of halogens is 4. The molecule has 2 atom stereocenters. The molecular weight excluding hydrogens is 687 g/mol. The van der Waals surface area contributed by atoms with E-state index in [9.17, 15) is 26.8 Å². The predicted molar refractivity (Wildman–Crippen MR) is 168 cm³/mol. The molecule has 2 aliphatic rings. The lowest BCUT2D eigenvalue weighted by Crippen LogP contribution is -2.40. The molecule has 2 heterocycles. The molecule has 1 saturated heterocycles. The number of sulfonamides is 1. The summed E-state index contributed by atoms with van der Waals surface area (Å²) in [5.41, 5.74) is 0.888. The first-order valence-electron chi connectivity index (χ1n) is 14.1. The number of rotatable bonds is 13. The van der Waals surface area contributed by atoms with Gasteiger partial charge in [0, 0.05) is 43.7 Å². The van der Waals surface area contributed by atoms with Crippen LogP contribution in [0.4, 0.5) is 8.78 Å². The van der Waals surface area contributed by atoms with E-state index in [1.165, 1.54) is 61.9 Å². The second-order valence-electron chi connectivity index (χ2n) is 10.5. The van der Waals surface area contributed by atoms with Crippen LogP contribution in [0.15, 0.2) is 59.8 Å². The average molecular weight is 717 g/mol. The lowest BCUT2D eigenvalue weighted by atomic mass is 10.0. The number of hydrogen-bond acceptors (Lipinski definition) is 9. The molecule has 2 fully saturated rings. The van der Waals surface area contributed by atoms with Crippen LogP contribution >= 0.6 is 35.0 Å². The molecule has 246 valence electrons. The second kappa shape index (κ2) is 14.7. The third kappa shape index (κ3) is 8.03. The molecule has 1 N–H and O–H groups in total. The zero-order valence-electron chi connectivity index (χ0n) is 24.3. The van der Waals surface area contributed by atoms with Crippen LogP contribution in [0.3, 0.4) is 0 Å². The molecule has 0 spiro atoms. The molecule has 2 aromatic carbocycles. The van der Waals surface area contributed by atoms with Crippen molar-refractivity contribution in [2.24, 2.45) is 5.92 Å². The van der Waals surface area contributed by atoms with Gasteiger partial charge in [0.2, 0.25) is 10.0 Å². The first-order valence-corrected chi connectivity index (χ1v) is 17.4. The van der Waals surface area contributed by atoms with E-state index in [0.717, 1.165) is 28.9 Å². The maximum Gasteiger partial charge on any atom is 0.387 e. The summed E-state index contributed by atoms with van der Waals surface area (Å²) in [6, 6.07) is 9.68. The molecule has 2 unspecified atom stereocenters. The summed E-state index contributed by atoms with van der Waals surface area (Å²) in [6.07, 6.45) is 3.51. The van der Waals surface area contributed by atoms with Crippen molar-refractivity contribution in [1.82, 2.24) is 14.6 Å². The monoisotopic (exact) mass is 715 g/mol. The number of esters is 1. The van der Waals surface area contributed by atoms with E-state index in [1.807, 2.05) is 0 Å². The van der Waals surface area contributed by atoms with E-state index in [4.69, 9.17) is 32.7 Å². The molecule has 10 nitrogen and oxygen atoms in total. The molecule has 1 aliphatic carbocycles. The lowest BCUT2D eigenvalue weighted by Gasteiger charge is -2.26. The number of carbonyl (C=O) groups excluding carboxylic acids is 2. The highest BCUT2D eigenvalue weighted by molar-refractivity contribution is 8.02. The topological polar surface area (TPSA) is 124 Å². The van der Waals surface area contributed by atoms with Crippen LogP contribution in [-0.2, 0) is 26.0 Å². The Hall–Kier alpha value is -3.17. The minimum atomic E-state index is -4.23. The standard InChI is InChI=1S/C30H29Cl2F2N3O7S2/c1-35-27(38)19-3-2-4-20(11-19)46(40,41)37-9-10-45-28(37)29(39)43-25(13-21-22(31)14-36-15-23(21)32)18-7-8-24(44-30(33)34)26(12-18)42-16-17-5-6-17/h2-4,7-8,11-12,14-15,17,25,28,30H,5-6,9-10,13,16H2,1H3,(H,35,38). The van der Waals surface area contributed by atoms with Gasteiger partial charge in [-0.3, -0.25) is 9.78 Å². The van der Waals surface area contributed by atoms with Gasteiger partial charge < -0.3 is 19.5 Å². The quantitative estimate of drug-likeness (QED) is 0.221. The maximum absolute atomic E-state index is 13.8. The third-order valence-electron chi connectivity index (χ3n) is 7.31. The van der Waals surface area contributed by atoms with Crippen LogP contribution in [-0.4, -0.2) is 67.5 Å². The van der Waals surface area contributed by atoms with Crippen molar-refractivity contribution < 1.29 is 41.0 Å². The van der Waals surface area contributed by atoms with Gasteiger partial charge in [0.1, 0.15) is 6.10 Å². The molecule has 1 aromatic heterocycles. The van der Waals surface area contributed by atoms with E-state index in [-0.39, 0.29) is 45.0 Å². The van der Waals surface area contributed by atoms with Crippen LogP contribution in [0.2, 0.25) is 10.0 Å². The van der Waals surface area contributed by atoms with E-state index in [1.54, 1.807) is 0 Å². The van der Waals surface area contributed by atoms with Gasteiger partial charge in [-0.05, 0) is 60.2 Å². The van der Waals surface area contributed by atoms with E-state index in [0.29, 0.717) is 29.4 Å². The Morgan fingerprint density at radius 2 is 1.85 bits per heavy atom. The number of hydrogen-bond donors (Lipinski definition) is 1. The molecule has 1 saturated carbocycles. The first kappa shape index (κ1) is 34.2. The fraction of sp³-hybridized carbons (Fsp3) is 0.367. The van der Waals surface area contributed by atoms with E-state index >= 15 is 0 Å². The summed E-state index contributed by atoms with van der Waals surface area (Å²) in [7, 11) is -2.80. The molecule has 16 heteroatoms. The van der Waals surface area contributed by atoms with Crippen molar-refractivity contribution >= 4 is 56.9 Å². The maximum atomic E-state index is 13.8. The van der Waals surface area contributed by atoms with Gasteiger partial charge in [-0.1, -0.05) is 35.3 Å². The van der Waals surface area contributed by atoms with E-state index in [2.05, 4.69) is 15.0 Å². The summed E-state index contributed by atoms with van der Waals surface area (Å²) >= 11 is 13.9. The number of ether oxygens (including phenoxy) is 3. The Bertz CT molecular complexity index is 1690. The van der Waals surface area contributed by atoms with Crippen molar-refractivity contribution in [3.63, 3.8) is 0 Å². The number of nitrogens with one attached hydrogen (secondary N) is 1. The summed E-state index contributed by atoms with van der Waals surface area (Å²) in [6.45, 7) is -2.79. The van der Waals surface area contributed by atoms with Gasteiger partial charge in [-0.25, -0.2) is 13.2 Å². The summed E-state index contributed by atoms with van der Waals surface area (Å²) in [5.74, 6) is -0.881. The van der Waals surface area contributed by atoms with Gasteiger partial charge in [-0.15, -0.1) is 11.8 Å². The summed E-state index contributed by atoms with van der Waals surface area (Å²) < 4.78 is 71.2. The molecule has 0 radical (unpaired) electrons. The van der Waals surface area contributed by atoms with Gasteiger partial charge in [0.15, 0.2) is 16.9 Å². The minimum absolute atomic E-state index is 0.0163. The Labute approximate surface area is 278 Å². The van der Waals surface area contributed by atoms with Crippen molar-refractivity contribution in [3.05, 3.63) is 81.6 Å². The molecule has 3 aromatic rings. The molecule has 1 aliphatic heterocycles.